The first-order valence-electron chi connectivity index (χ1n) is 5.16. The first-order chi connectivity index (χ1) is 8.40. The van der Waals surface area contributed by atoms with E-state index in [2.05, 4.69) is 20.0 Å². The van der Waals surface area contributed by atoms with Crippen LogP contribution in [0.3, 0.4) is 0 Å². The van der Waals surface area contributed by atoms with Gasteiger partial charge >= 0.3 is 0 Å². The van der Waals surface area contributed by atoms with Gasteiger partial charge in [-0.1, -0.05) is 41.5 Å². The predicted molar refractivity (Wildman–Crippen MR) is 67.1 cm³/mol. The van der Waals surface area contributed by atoms with Crippen molar-refractivity contribution in [2.24, 2.45) is 5.11 Å². The molecular formula is C12H11N5. The molecule has 0 atom stereocenters. The van der Waals surface area contributed by atoms with Crippen LogP contribution in [-0.2, 0) is 0 Å². The Balaban J connectivity index is 2.08. The minimum absolute atomic E-state index is 0.374. The Morgan fingerprint density at radius 2 is 2.18 bits per heavy atom. The summed E-state index contributed by atoms with van der Waals surface area (Å²) in [6.07, 6.45) is 7.19. The molecule has 1 N–H and O–H groups in total. The van der Waals surface area contributed by atoms with Gasteiger partial charge in [-0.25, -0.2) is 4.98 Å². The smallest absolute Gasteiger partial charge is 0.0924 e. The van der Waals surface area contributed by atoms with E-state index in [0.717, 1.165) is 16.8 Å². The standard InChI is InChI=1S/C12H11N5/c13-17-16-7-1-2-10-3-5-11(6-4-10)12-8-14-9-15-12/h1-6,8-9H,7H2,(H,14,15). The molecule has 5 heteroatoms. The van der Waals surface area contributed by atoms with Crippen molar-refractivity contribution in [2.45, 2.75) is 0 Å². The summed E-state index contributed by atoms with van der Waals surface area (Å²) in [6, 6.07) is 8.03. The van der Waals surface area contributed by atoms with Gasteiger partial charge in [-0.05, 0) is 16.7 Å². The van der Waals surface area contributed by atoms with E-state index in [4.69, 9.17) is 5.53 Å². The van der Waals surface area contributed by atoms with Crippen molar-refractivity contribution in [1.82, 2.24) is 9.97 Å². The third kappa shape index (κ3) is 2.96. The van der Waals surface area contributed by atoms with Crippen molar-refractivity contribution in [1.29, 1.82) is 0 Å². The molecule has 0 radical (unpaired) electrons. The predicted octanol–water partition coefficient (Wildman–Crippen LogP) is 3.40. The number of H-pyrrole nitrogens is 1. The Bertz CT molecular complexity index is 533. The molecule has 1 aromatic heterocycles. The van der Waals surface area contributed by atoms with Gasteiger partial charge in [-0.3, -0.25) is 0 Å². The maximum absolute atomic E-state index is 8.12. The van der Waals surface area contributed by atoms with Gasteiger partial charge in [-0.2, -0.15) is 0 Å². The van der Waals surface area contributed by atoms with Crippen LogP contribution in [0.4, 0.5) is 0 Å². The van der Waals surface area contributed by atoms with Crippen LogP contribution < -0.4 is 0 Å². The van der Waals surface area contributed by atoms with Crippen LogP contribution in [0, 0.1) is 0 Å². The molecule has 1 heterocycles. The Labute approximate surface area is 98.5 Å². The fraction of sp³-hybridized carbons (Fsp3) is 0.0833. The lowest BCUT2D eigenvalue weighted by Gasteiger charge is -1.98. The van der Waals surface area contributed by atoms with E-state index in [0.29, 0.717) is 6.54 Å². The number of nitrogens with one attached hydrogen (secondary N) is 1. The van der Waals surface area contributed by atoms with E-state index in [9.17, 15) is 0 Å². The highest BCUT2D eigenvalue weighted by Crippen LogP contribution is 2.16. The summed E-state index contributed by atoms with van der Waals surface area (Å²) in [5.74, 6) is 0. The summed E-state index contributed by atoms with van der Waals surface area (Å²) in [5, 5.41) is 3.43. The van der Waals surface area contributed by atoms with Gasteiger partial charge in [0.1, 0.15) is 0 Å². The quantitative estimate of drug-likeness (QED) is 0.483. The molecule has 0 bridgehead atoms. The highest BCUT2D eigenvalue weighted by molar-refractivity contribution is 5.61. The third-order valence-corrected chi connectivity index (χ3v) is 2.28. The average molecular weight is 225 g/mol. The number of hydrogen-bond donors (Lipinski definition) is 1. The number of aromatic amines is 1. The lowest BCUT2D eigenvalue weighted by atomic mass is 10.1. The van der Waals surface area contributed by atoms with Crippen LogP contribution in [0.5, 0.6) is 0 Å². The Morgan fingerprint density at radius 3 is 2.82 bits per heavy atom. The van der Waals surface area contributed by atoms with E-state index < -0.39 is 0 Å². The van der Waals surface area contributed by atoms with E-state index in [1.165, 1.54) is 0 Å². The van der Waals surface area contributed by atoms with Crippen LogP contribution >= 0.6 is 0 Å². The van der Waals surface area contributed by atoms with Crippen molar-refractivity contribution in [3.8, 4) is 11.3 Å². The number of imidazole rings is 1. The maximum Gasteiger partial charge on any atom is 0.0924 e. The topological polar surface area (TPSA) is 77.4 Å². The number of nitrogens with zero attached hydrogens (tertiary/aromatic N) is 4. The van der Waals surface area contributed by atoms with Crippen LogP contribution in [0.2, 0.25) is 0 Å². The molecule has 0 unspecified atom stereocenters. The average Bonchev–Trinajstić information content (AvgIpc) is 2.89. The molecule has 0 aliphatic carbocycles. The molecular weight excluding hydrogens is 214 g/mol. The number of benzene rings is 1. The van der Waals surface area contributed by atoms with Crippen LogP contribution in [0.1, 0.15) is 5.56 Å². The second-order valence-corrected chi connectivity index (χ2v) is 3.40. The fourth-order valence-corrected chi connectivity index (χ4v) is 1.46. The van der Waals surface area contributed by atoms with Crippen molar-refractivity contribution >= 4 is 6.08 Å². The van der Waals surface area contributed by atoms with Crippen molar-refractivity contribution in [3.63, 3.8) is 0 Å². The van der Waals surface area contributed by atoms with Crippen LogP contribution in [-0.4, -0.2) is 16.5 Å². The number of rotatable bonds is 4. The molecule has 2 aromatic rings. The third-order valence-electron chi connectivity index (χ3n) is 2.28. The molecule has 1 aromatic carbocycles. The highest BCUT2D eigenvalue weighted by atomic mass is 15.1. The molecule has 84 valence electrons. The van der Waals surface area contributed by atoms with Gasteiger partial charge in [0.15, 0.2) is 0 Å². The minimum Gasteiger partial charge on any atom is -0.345 e. The van der Waals surface area contributed by atoms with E-state index in [1.807, 2.05) is 36.4 Å². The lowest BCUT2D eigenvalue weighted by molar-refractivity contribution is 1.22. The molecule has 0 spiro atoms. The summed E-state index contributed by atoms with van der Waals surface area (Å²) >= 11 is 0. The molecule has 0 aliphatic heterocycles. The van der Waals surface area contributed by atoms with Crippen molar-refractivity contribution in [3.05, 3.63) is 58.9 Å². The van der Waals surface area contributed by atoms with Gasteiger partial charge in [0.25, 0.3) is 0 Å². The van der Waals surface area contributed by atoms with Crippen molar-refractivity contribution in [2.75, 3.05) is 6.54 Å². The van der Waals surface area contributed by atoms with E-state index in [-0.39, 0.29) is 0 Å². The zero-order chi connectivity index (χ0) is 11.9. The van der Waals surface area contributed by atoms with Crippen molar-refractivity contribution < 1.29 is 0 Å². The number of hydrogen-bond acceptors (Lipinski definition) is 2. The Kier molecular flexibility index (Phi) is 3.57. The second-order valence-electron chi connectivity index (χ2n) is 3.40. The highest BCUT2D eigenvalue weighted by Gasteiger charge is 1.96. The van der Waals surface area contributed by atoms with E-state index in [1.54, 1.807) is 12.5 Å². The molecule has 0 aliphatic rings. The summed E-state index contributed by atoms with van der Waals surface area (Å²) in [6.45, 7) is 0.374. The van der Waals surface area contributed by atoms with Gasteiger partial charge in [0.05, 0.1) is 18.2 Å². The lowest BCUT2D eigenvalue weighted by Crippen LogP contribution is -1.78. The Morgan fingerprint density at radius 1 is 1.35 bits per heavy atom. The molecule has 0 amide bonds. The zero-order valence-electron chi connectivity index (χ0n) is 9.11. The van der Waals surface area contributed by atoms with Gasteiger partial charge in [-0.15, -0.1) is 0 Å². The summed E-state index contributed by atoms with van der Waals surface area (Å²) < 4.78 is 0. The number of azide groups is 1. The maximum atomic E-state index is 8.12. The zero-order valence-corrected chi connectivity index (χ0v) is 9.11. The molecule has 0 saturated heterocycles. The number of aromatic nitrogens is 2. The van der Waals surface area contributed by atoms with Gasteiger partial charge in [0.2, 0.25) is 0 Å². The molecule has 2 rings (SSSR count). The van der Waals surface area contributed by atoms with Crippen LogP contribution in [0.25, 0.3) is 27.8 Å². The second kappa shape index (κ2) is 5.53. The summed E-state index contributed by atoms with van der Waals surface area (Å²) in [7, 11) is 0. The molecule has 0 fully saturated rings. The monoisotopic (exact) mass is 225 g/mol. The molecule has 0 saturated carbocycles. The molecule has 17 heavy (non-hydrogen) atoms. The summed E-state index contributed by atoms with van der Waals surface area (Å²) in [4.78, 5) is 9.70. The minimum atomic E-state index is 0.374. The fourth-order valence-electron chi connectivity index (χ4n) is 1.46. The van der Waals surface area contributed by atoms with E-state index >= 15 is 0 Å². The normalized spacial score (nSPS) is 10.4. The first-order valence-corrected chi connectivity index (χ1v) is 5.16. The van der Waals surface area contributed by atoms with Gasteiger partial charge < -0.3 is 4.98 Å². The molecule has 5 nitrogen and oxygen atoms in total. The first kappa shape index (κ1) is 11.0. The summed E-state index contributed by atoms with van der Waals surface area (Å²) in [5.41, 5.74) is 11.3. The largest absolute Gasteiger partial charge is 0.345 e. The van der Waals surface area contributed by atoms with Gasteiger partial charge in [0, 0.05) is 11.5 Å². The SMILES string of the molecule is [N-]=[N+]=NCC=Cc1ccc(-c2cnc[nH]2)cc1. The Hall–Kier alpha value is -2.52. The van der Waals surface area contributed by atoms with Crippen LogP contribution in [0.15, 0.2) is 48.0 Å².